The van der Waals surface area contributed by atoms with Crippen LogP contribution in [0.3, 0.4) is 0 Å². The molecule has 25 heavy (non-hydrogen) atoms. The van der Waals surface area contributed by atoms with Gasteiger partial charge in [-0.2, -0.15) is 0 Å². The molecule has 0 spiro atoms. The topological polar surface area (TPSA) is 61.4 Å². The number of furan rings is 1. The Balaban J connectivity index is 2.15. The van der Waals surface area contributed by atoms with E-state index in [2.05, 4.69) is 0 Å². The fraction of sp³-hybridized carbons (Fsp3) is 0.263. The average Bonchev–Trinajstić information content (AvgIpc) is 3.02. The third kappa shape index (κ3) is 3.77. The lowest BCUT2D eigenvalue weighted by molar-refractivity contribution is -0.155. The van der Waals surface area contributed by atoms with E-state index in [9.17, 15) is 9.59 Å². The summed E-state index contributed by atoms with van der Waals surface area (Å²) in [4.78, 5) is 25.1. The van der Waals surface area contributed by atoms with E-state index >= 15 is 0 Å². The standard InChI is InChI=1S/C19H18ClNO4/c1-19(2,3)25-17(22)10-21-9-15(12-6-7-24-11-12)18(23)14-5-4-13(20)8-16(14)21/h4-9,11H,10H2,1-3H3. The monoisotopic (exact) mass is 359 g/mol. The summed E-state index contributed by atoms with van der Waals surface area (Å²) < 4.78 is 12.2. The maximum Gasteiger partial charge on any atom is 0.326 e. The van der Waals surface area contributed by atoms with Crippen LogP contribution in [0, 0.1) is 0 Å². The molecule has 1 aromatic carbocycles. The maximum atomic E-state index is 12.8. The molecule has 0 aliphatic heterocycles. The Morgan fingerprint density at radius 3 is 2.68 bits per heavy atom. The number of nitrogens with zero attached hydrogens (tertiary/aromatic N) is 1. The Bertz CT molecular complexity index is 981. The molecule has 0 N–H and O–H groups in total. The summed E-state index contributed by atoms with van der Waals surface area (Å²) in [5.41, 5.74) is 0.952. The van der Waals surface area contributed by atoms with Crippen molar-refractivity contribution in [2.45, 2.75) is 32.9 Å². The second-order valence-corrected chi connectivity index (χ2v) is 7.20. The van der Waals surface area contributed by atoms with Crippen LogP contribution in [0.15, 0.2) is 52.2 Å². The van der Waals surface area contributed by atoms with E-state index in [1.54, 1.807) is 35.0 Å². The van der Waals surface area contributed by atoms with E-state index in [1.807, 2.05) is 20.8 Å². The van der Waals surface area contributed by atoms with Crippen LogP contribution in [0.2, 0.25) is 5.02 Å². The molecule has 0 atom stereocenters. The van der Waals surface area contributed by atoms with Crippen molar-refractivity contribution in [2.24, 2.45) is 0 Å². The van der Waals surface area contributed by atoms with Gasteiger partial charge in [0.15, 0.2) is 5.43 Å². The molecule has 0 aliphatic rings. The first-order valence-corrected chi connectivity index (χ1v) is 8.19. The largest absolute Gasteiger partial charge is 0.472 e. The number of aromatic nitrogens is 1. The van der Waals surface area contributed by atoms with Crippen molar-refractivity contribution in [1.82, 2.24) is 4.57 Å². The lowest BCUT2D eigenvalue weighted by Gasteiger charge is -2.20. The number of rotatable bonds is 3. The highest BCUT2D eigenvalue weighted by molar-refractivity contribution is 6.31. The van der Waals surface area contributed by atoms with Gasteiger partial charge in [-0.25, -0.2) is 0 Å². The predicted octanol–water partition coefficient (Wildman–Crippen LogP) is 4.26. The van der Waals surface area contributed by atoms with Gasteiger partial charge in [0.25, 0.3) is 0 Å². The highest BCUT2D eigenvalue weighted by atomic mass is 35.5. The first kappa shape index (κ1) is 17.3. The molecular formula is C19H18ClNO4. The van der Waals surface area contributed by atoms with Crippen LogP contribution < -0.4 is 5.43 Å². The molecule has 0 unspecified atom stereocenters. The van der Waals surface area contributed by atoms with E-state index in [-0.39, 0.29) is 12.0 Å². The molecular weight excluding hydrogens is 342 g/mol. The fourth-order valence-electron chi connectivity index (χ4n) is 2.63. The quantitative estimate of drug-likeness (QED) is 0.656. The van der Waals surface area contributed by atoms with Crippen LogP contribution in [0.1, 0.15) is 20.8 Å². The molecule has 0 saturated heterocycles. The van der Waals surface area contributed by atoms with Crippen molar-refractivity contribution >= 4 is 28.5 Å². The molecule has 0 aliphatic carbocycles. The number of carbonyl (C=O) groups is 1. The molecule has 2 aromatic heterocycles. The number of hydrogen-bond acceptors (Lipinski definition) is 4. The van der Waals surface area contributed by atoms with Gasteiger partial charge in [0, 0.05) is 27.7 Å². The van der Waals surface area contributed by atoms with Crippen LogP contribution >= 0.6 is 11.6 Å². The van der Waals surface area contributed by atoms with Crippen molar-refractivity contribution in [3.8, 4) is 11.1 Å². The van der Waals surface area contributed by atoms with Gasteiger partial charge in [-0.15, -0.1) is 0 Å². The summed E-state index contributed by atoms with van der Waals surface area (Å²) in [5, 5.41) is 0.965. The van der Waals surface area contributed by atoms with Gasteiger partial charge >= 0.3 is 5.97 Å². The van der Waals surface area contributed by atoms with E-state index in [0.717, 1.165) is 0 Å². The van der Waals surface area contributed by atoms with Crippen molar-refractivity contribution in [1.29, 1.82) is 0 Å². The third-order valence-corrected chi connectivity index (χ3v) is 3.83. The predicted molar refractivity (Wildman–Crippen MR) is 96.8 cm³/mol. The summed E-state index contributed by atoms with van der Waals surface area (Å²) in [6.45, 7) is 5.39. The second kappa shape index (κ2) is 6.41. The molecule has 0 bridgehead atoms. The molecule has 0 fully saturated rings. The highest BCUT2D eigenvalue weighted by Crippen LogP contribution is 2.23. The second-order valence-electron chi connectivity index (χ2n) is 6.76. The van der Waals surface area contributed by atoms with Crippen LogP contribution in [0.5, 0.6) is 0 Å². The summed E-state index contributed by atoms with van der Waals surface area (Å²) in [7, 11) is 0. The Morgan fingerprint density at radius 1 is 1.28 bits per heavy atom. The fourth-order valence-corrected chi connectivity index (χ4v) is 2.80. The number of esters is 1. The molecule has 3 rings (SSSR count). The van der Waals surface area contributed by atoms with Gasteiger partial charge in [0.1, 0.15) is 12.1 Å². The smallest absolute Gasteiger partial charge is 0.326 e. The summed E-state index contributed by atoms with van der Waals surface area (Å²) in [6.07, 6.45) is 4.63. The summed E-state index contributed by atoms with van der Waals surface area (Å²) in [6, 6.07) is 6.69. The number of fused-ring (bicyclic) bond motifs is 1. The minimum atomic E-state index is -0.586. The van der Waals surface area contributed by atoms with Crippen LogP contribution in [-0.2, 0) is 16.1 Å². The maximum absolute atomic E-state index is 12.8. The van der Waals surface area contributed by atoms with E-state index < -0.39 is 11.6 Å². The van der Waals surface area contributed by atoms with Gasteiger partial charge < -0.3 is 13.7 Å². The van der Waals surface area contributed by atoms with E-state index in [4.69, 9.17) is 20.8 Å². The van der Waals surface area contributed by atoms with Crippen LogP contribution in [-0.4, -0.2) is 16.1 Å². The molecule has 0 amide bonds. The first-order valence-electron chi connectivity index (χ1n) is 7.82. The number of ether oxygens (including phenoxy) is 1. The molecule has 0 saturated carbocycles. The van der Waals surface area contributed by atoms with E-state index in [0.29, 0.717) is 27.1 Å². The zero-order chi connectivity index (χ0) is 18.2. The number of halogens is 1. The lowest BCUT2D eigenvalue weighted by Crippen LogP contribution is -2.27. The molecule has 130 valence electrons. The Labute approximate surface area is 149 Å². The van der Waals surface area contributed by atoms with E-state index in [1.165, 1.54) is 12.5 Å². The molecule has 6 heteroatoms. The van der Waals surface area contributed by atoms with Gasteiger partial charge in [-0.3, -0.25) is 9.59 Å². The minimum absolute atomic E-state index is 0.0285. The summed E-state index contributed by atoms with van der Waals surface area (Å²) >= 11 is 6.08. The SMILES string of the molecule is CC(C)(C)OC(=O)Cn1cc(-c2ccoc2)c(=O)c2ccc(Cl)cc21. The zero-order valence-corrected chi connectivity index (χ0v) is 15.0. The Kier molecular flexibility index (Phi) is 4.43. The Morgan fingerprint density at radius 2 is 2.04 bits per heavy atom. The lowest BCUT2D eigenvalue weighted by atomic mass is 10.1. The molecule has 3 aromatic rings. The summed E-state index contributed by atoms with van der Waals surface area (Å²) in [5.74, 6) is -0.393. The van der Waals surface area contributed by atoms with Crippen molar-refractivity contribution in [3.05, 3.63) is 58.2 Å². The molecule has 2 heterocycles. The minimum Gasteiger partial charge on any atom is -0.472 e. The van der Waals surface area contributed by atoms with Gasteiger partial charge in [0.2, 0.25) is 0 Å². The zero-order valence-electron chi connectivity index (χ0n) is 14.2. The van der Waals surface area contributed by atoms with Crippen molar-refractivity contribution in [3.63, 3.8) is 0 Å². The van der Waals surface area contributed by atoms with Crippen LogP contribution in [0.4, 0.5) is 0 Å². The number of pyridine rings is 1. The molecule has 0 radical (unpaired) electrons. The molecule has 5 nitrogen and oxygen atoms in total. The van der Waals surface area contributed by atoms with Crippen molar-refractivity contribution < 1.29 is 13.9 Å². The van der Waals surface area contributed by atoms with Gasteiger partial charge in [0.05, 0.1) is 18.0 Å². The van der Waals surface area contributed by atoms with Crippen LogP contribution in [0.25, 0.3) is 22.0 Å². The average molecular weight is 360 g/mol. The highest BCUT2D eigenvalue weighted by Gasteiger charge is 2.19. The van der Waals surface area contributed by atoms with Gasteiger partial charge in [-0.05, 0) is 45.0 Å². The third-order valence-electron chi connectivity index (χ3n) is 3.60. The number of benzene rings is 1. The normalized spacial score (nSPS) is 11.7. The number of hydrogen-bond donors (Lipinski definition) is 0. The van der Waals surface area contributed by atoms with Gasteiger partial charge in [-0.1, -0.05) is 11.6 Å². The Hall–Kier alpha value is -2.53. The van der Waals surface area contributed by atoms with Crippen molar-refractivity contribution in [2.75, 3.05) is 0 Å². The first-order chi connectivity index (χ1) is 11.7. The number of carbonyl (C=O) groups excluding carboxylic acids is 1.